The van der Waals surface area contributed by atoms with E-state index in [9.17, 15) is 0 Å². The summed E-state index contributed by atoms with van der Waals surface area (Å²) in [7, 11) is 1.62. The van der Waals surface area contributed by atoms with Crippen molar-refractivity contribution >= 4 is 5.95 Å². The molecule has 1 saturated heterocycles. The minimum atomic E-state index is 0.610. The van der Waals surface area contributed by atoms with E-state index in [1.165, 1.54) is 12.8 Å². The van der Waals surface area contributed by atoms with Gasteiger partial charge < -0.3 is 15.4 Å². The first-order valence-electron chi connectivity index (χ1n) is 6.15. The van der Waals surface area contributed by atoms with Crippen LogP contribution < -0.4 is 15.4 Å². The van der Waals surface area contributed by atoms with Gasteiger partial charge in [0.1, 0.15) is 0 Å². The third-order valence-electron chi connectivity index (χ3n) is 2.98. The van der Waals surface area contributed by atoms with E-state index in [2.05, 4.69) is 20.6 Å². The van der Waals surface area contributed by atoms with Crippen LogP contribution in [-0.4, -0.2) is 36.2 Å². The predicted octanol–water partition coefficient (Wildman–Crippen LogP) is 1.35. The van der Waals surface area contributed by atoms with Crippen LogP contribution in [0.1, 0.15) is 25.0 Å². The number of hydrogen-bond donors (Lipinski definition) is 2. The van der Waals surface area contributed by atoms with Crippen LogP contribution in [0.15, 0.2) is 6.07 Å². The maximum absolute atomic E-state index is 5.11. The molecular formula is C12H20N4O. The average molecular weight is 236 g/mol. The highest BCUT2D eigenvalue weighted by Gasteiger charge is 2.13. The molecule has 0 spiro atoms. The van der Waals surface area contributed by atoms with Crippen molar-refractivity contribution in [2.24, 2.45) is 0 Å². The lowest BCUT2D eigenvalue weighted by Gasteiger charge is -2.11. The van der Waals surface area contributed by atoms with Crippen LogP contribution >= 0.6 is 0 Å². The highest BCUT2D eigenvalue weighted by Crippen LogP contribution is 2.12. The molecule has 1 fully saturated rings. The Morgan fingerprint density at radius 2 is 2.41 bits per heavy atom. The van der Waals surface area contributed by atoms with E-state index in [-0.39, 0.29) is 0 Å². The van der Waals surface area contributed by atoms with Crippen molar-refractivity contribution in [3.8, 4) is 5.88 Å². The molecule has 0 aromatic carbocycles. The third kappa shape index (κ3) is 3.56. The molecule has 2 heterocycles. The summed E-state index contributed by atoms with van der Waals surface area (Å²) in [5.74, 6) is 1.26. The van der Waals surface area contributed by atoms with Gasteiger partial charge in [-0.15, -0.1) is 0 Å². The molecule has 5 nitrogen and oxygen atoms in total. The van der Waals surface area contributed by atoms with Gasteiger partial charge in [-0.1, -0.05) is 0 Å². The molecule has 0 amide bonds. The number of nitrogens with one attached hydrogen (secondary N) is 2. The first kappa shape index (κ1) is 12.1. The Morgan fingerprint density at radius 1 is 1.53 bits per heavy atom. The molecule has 1 aromatic rings. The number of nitrogens with zero attached hydrogens (tertiary/aromatic N) is 2. The molecule has 1 atom stereocenters. The zero-order chi connectivity index (χ0) is 12.1. The van der Waals surface area contributed by atoms with Crippen molar-refractivity contribution in [3.05, 3.63) is 11.8 Å². The Morgan fingerprint density at radius 3 is 3.12 bits per heavy atom. The largest absolute Gasteiger partial charge is 0.481 e. The molecule has 0 unspecified atom stereocenters. The maximum atomic E-state index is 5.11. The van der Waals surface area contributed by atoms with E-state index in [4.69, 9.17) is 4.74 Å². The van der Waals surface area contributed by atoms with Crippen LogP contribution in [0, 0.1) is 6.92 Å². The second kappa shape index (κ2) is 5.82. The first-order chi connectivity index (χ1) is 8.28. The van der Waals surface area contributed by atoms with Gasteiger partial charge in [-0.25, -0.2) is 4.98 Å². The van der Waals surface area contributed by atoms with Crippen LogP contribution in [0.5, 0.6) is 5.88 Å². The molecule has 1 aliphatic heterocycles. The molecule has 0 aliphatic carbocycles. The SMILES string of the molecule is COc1cc(C)nc(NCC[C@H]2CCCN2)n1. The molecular weight excluding hydrogens is 216 g/mol. The van der Waals surface area contributed by atoms with Crippen LogP contribution in [0.3, 0.4) is 0 Å². The average Bonchev–Trinajstić information content (AvgIpc) is 2.81. The number of hydrogen-bond acceptors (Lipinski definition) is 5. The highest BCUT2D eigenvalue weighted by molar-refractivity contribution is 5.30. The fraction of sp³-hybridized carbons (Fsp3) is 0.667. The van der Waals surface area contributed by atoms with E-state index in [0.717, 1.165) is 25.2 Å². The Labute approximate surface area is 102 Å². The van der Waals surface area contributed by atoms with E-state index in [1.807, 2.05) is 13.0 Å². The van der Waals surface area contributed by atoms with Crippen molar-refractivity contribution in [2.45, 2.75) is 32.2 Å². The molecule has 1 aromatic heterocycles. The van der Waals surface area contributed by atoms with E-state index >= 15 is 0 Å². The van der Waals surface area contributed by atoms with Crippen molar-refractivity contribution in [1.82, 2.24) is 15.3 Å². The van der Waals surface area contributed by atoms with Crippen LogP contribution in [0.25, 0.3) is 0 Å². The van der Waals surface area contributed by atoms with E-state index in [1.54, 1.807) is 7.11 Å². The molecule has 5 heteroatoms. The molecule has 2 N–H and O–H groups in total. The van der Waals surface area contributed by atoms with Crippen molar-refractivity contribution in [1.29, 1.82) is 0 Å². The molecule has 1 aliphatic rings. The smallest absolute Gasteiger partial charge is 0.226 e. The Hall–Kier alpha value is -1.36. The zero-order valence-corrected chi connectivity index (χ0v) is 10.5. The van der Waals surface area contributed by atoms with Gasteiger partial charge in [0.25, 0.3) is 0 Å². The summed E-state index contributed by atoms with van der Waals surface area (Å²) in [6.07, 6.45) is 3.68. The van der Waals surface area contributed by atoms with Gasteiger partial charge in [0.15, 0.2) is 0 Å². The van der Waals surface area contributed by atoms with E-state index < -0.39 is 0 Å². The molecule has 2 rings (SSSR count). The zero-order valence-electron chi connectivity index (χ0n) is 10.5. The van der Waals surface area contributed by atoms with Gasteiger partial charge >= 0.3 is 0 Å². The Kier molecular flexibility index (Phi) is 4.14. The second-order valence-corrected chi connectivity index (χ2v) is 4.38. The van der Waals surface area contributed by atoms with E-state index in [0.29, 0.717) is 17.9 Å². The first-order valence-corrected chi connectivity index (χ1v) is 6.15. The van der Waals surface area contributed by atoms with Gasteiger partial charge in [0, 0.05) is 24.3 Å². The number of aromatic nitrogens is 2. The second-order valence-electron chi connectivity index (χ2n) is 4.38. The van der Waals surface area contributed by atoms with Gasteiger partial charge in [0.2, 0.25) is 11.8 Å². The maximum Gasteiger partial charge on any atom is 0.226 e. The Balaban J connectivity index is 1.83. The highest BCUT2D eigenvalue weighted by atomic mass is 16.5. The van der Waals surface area contributed by atoms with Gasteiger partial charge in [-0.2, -0.15) is 4.98 Å². The summed E-state index contributed by atoms with van der Waals surface area (Å²) >= 11 is 0. The fourth-order valence-electron chi connectivity index (χ4n) is 2.08. The lowest BCUT2D eigenvalue weighted by atomic mass is 10.1. The van der Waals surface area contributed by atoms with Crippen molar-refractivity contribution < 1.29 is 4.74 Å². The molecule has 94 valence electrons. The monoisotopic (exact) mass is 236 g/mol. The number of ether oxygens (including phenoxy) is 1. The summed E-state index contributed by atoms with van der Waals surface area (Å²) in [5.41, 5.74) is 0.915. The summed E-state index contributed by atoms with van der Waals surface area (Å²) < 4.78 is 5.11. The van der Waals surface area contributed by atoms with Crippen LogP contribution in [0.2, 0.25) is 0 Å². The lowest BCUT2D eigenvalue weighted by Crippen LogP contribution is -2.24. The van der Waals surface area contributed by atoms with Gasteiger partial charge in [-0.05, 0) is 32.7 Å². The summed E-state index contributed by atoms with van der Waals surface area (Å²) in [6.45, 7) is 3.98. The fourth-order valence-corrected chi connectivity index (χ4v) is 2.08. The van der Waals surface area contributed by atoms with Gasteiger partial charge in [0.05, 0.1) is 7.11 Å². The minimum absolute atomic E-state index is 0.610. The summed E-state index contributed by atoms with van der Waals surface area (Å²) in [4.78, 5) is 8.57. The normalized spacial score (nSPS) is 19.3. The van der Waals surface area contributed by atoms with Gasteiger partial charge in [-0.3, -0.25) is 0 Å². The van der Waals surface area contributed by atoms with Crippen LogP contribution in [-0.2, 0) is 0 Å². The summed E-state index contributed by atoms with van der Waals surface area (Å²) in [6, 6.07) is 2.47. The molecule has 0 bridgehead atoms. The van der Waals surface area contributed by atoms with Crippen molar-refractivity contribution in [3.63, 3.8) is 0 Å². The number of anilines is 1. The number of methoxy groups -OCH3 is 1. The molecule has 17 heavy (non-hydrogen) atoms. The standard InChI is InChI=1S/C12H20N4O/c1-9-8-11(17-2)16-12(15-9)14-7-5-10-4-3-6-13-10/h8,10,13H,3-7H2,1-2H3,(H,14,15,16)/t10-/m1/s1. The quantitative estimate of drug-likeness (QED) is 0.808. The third-order valence-corrected chi connectivity index (χ3v) is 2.98. The topological polar surface area (TPSA) is 59.1 Å². The van der Waals surface area contributed by atoms with Crippen LogP contribution in [0.4, 0.5) is 5.95 Å². The summed E-state index contributed by atoms with van der Waals surface area (Å²) in [5, 5.41) is 6.72. The Bertz CT molecular complexity index is 364. The molecule has 0 radical (unpaired) electrons. The number of aryl methyl sites for hydroxylation is 1. The lowest BCUT2D eigenvalue weighted by molar-refractivity contribution is 0.397. The minimum Gasteiger partial charge on any atom is -0.481 e. The molecule has 0 saturated carbocycles. The number of rotatable bonds is 5. The van der Waals surface area contributed by atoms with Crippen molar-refractivity contribution in [2.75, 3.05) is 25.5 Å². The predicted molar refractivity (Wildman–Crippen MR) is 67.5 cm³/mol.